The average Bonchev–Trinajstić information content (AvgIpc) is 3.25. The van der Waals surface area contributed by atoms with Crippen LogP contribution in [0.5, 0.6) is 23.0 Å². The van der Waals surface area contributed by atoms with Gasteiger partial charge in [-0.1, -0.05) is 0 Å². The van der Waals surface area contributed by atoms with Crippen LogP contribution >= 0.6 is 0 Å². The van der Waals surface area contributed by atoms with E-state index in [1.165, 1.54) is 74.5 Å². The van der Waals surface area contributed by atoms with Crippen LogP contribution in [0.25, 0.3) is 12.2 Å². The summed E-state index contributed by atoms with van der Waals surface area (Å²) in [6, 6.07) is 13.7. The van der Waals surface area contributed by atoms with E-state index >= 15 is 0 Å². The number of guanidine groups is 2. The van der Waals surface area contributed by atoms with Crippen molar-refractivity contribution in [3.8, 4) is 23.0 Å². The summed E-state index contributed by atoms with van der Waals surface area (Å²) in [6.45, 7) is 3.70. The standard InChI is InChI=1S/C44H48F4N6O11S2/c1-27(41(55)53-43(49)50)21-29-23-35(45)39(36(46)24-29)64-31-5-9-33(10-6-31)66(57,58)19-3-13-61-15-17-63-18-16-62-14-4-20-67(59,60)34-11-7-32(8-12-34)65-40-37(47)25-30(26-38(40)48)22-28(2)42(56)54-44(51)52/h5-12,21-26H,3-4,13-20H2,1-2H3,(H4,49,50,53,55)(H4,51,52,54,56)/b27-21+,28-22+. The van der Waals surface area contributed by atoms with Crippen LogP contribution in [0.3, 0.4) is 0 Å². The Bertz CT molecular complexity index is 2510. The SMILES string of the molecule is C/C(=C\c1cc(F)c(Oc2ccc(S(=O)(=O)CCCOCCOCCOCCCS(=O)(=O)c3ccc(Oc4c(F)cc(/C=C(\C)C(=O)N=C(N)N)cc4F)cc3)cc2)c(F)c1)C(=O)N=C(N)N. The Morgan fingerprint density at radius 1 is 0.522 bits per heavy atom. The fourth-order valence-electron chi connectivity index (χ4n) is 5.70. The summed E-state index contributed by atoms with van der Waals surface area (Å²) >= 11 is 0. The Morgan fingerprint density at radius 3 is 1.12 bits per heavy atom. The summed E-state index contributed by atoms with van der Waals surface area (Å²) in [5.74, 6) is -8.81. The molecule has 0 spiro atoms. The molecule has 0 aliphatic rings. The normalized spacial score (nSPS) is 12.1. The summed E-state index contributed by atoms with van der Waals surface area (Å²) in [5.41, 5.74) is 20.8. The molecule has 0 aromatic heterocycles. The van der Waals surface area contributed by atoms with Gasteiger partial charge in [0, 0.05) is 24.4 Å². The molecule has 0 heterocycles. The number of amides is 2. The van der Waals surface area contributed by atoms with Gasteiger partial charge in [0.25, 0.3) is 11.8 Å². The van der Waals surface area contributed by atoms with E-state index in [-0.39, 0.29) is 108 Å². The van der Waals surface area contributed by atoms with Gasteiger partial charge in [0.1, 0.15) is 11.5 Å². The molecule has 2 amide bonds. The number of rotatable bonds is 24. The molecule has 0 aliphatic heterocycles. The van der Waals surface area contributed by atoms with Gasteiger partial charge in [0.05, 0.1) is 47.7 Å². The van der Waals surface area contributed by atoms with Crippen LogP contribution in [0.2, 0.25) is 0 Å². The van der Waals surface area contributed by atoms with E-state index in [1.807, 2.05) is 0 Å². The van der Waals surface area contributed by atoms with Crippen molar-refractivity contribution in [2.24, 2.45) is 32.9 Å². The zero-order chi connectivity index (χ0) is 49.3. The lowest BCUT2D eigenvalue weighted by Crippen LogP contribution is -2.24. The highest BCUT2D eigenvalue weighted by molar-refractivity contribution is 7.91. The quantitative estimate of drug-likeness (QED) is 0.0228. The number of aliphatic imine (C=N–C) groups is 2. The molecule has 4 aromatic rings. The highest BCUT2D eigenvalue weighted by Crippen LogP contribution is 2.32. The molecule has 0 aliphatic carbocycles. The summed E-state index contributed by atoms with van der Waals surface area (Å²) < 4.78 is 137. The Balaban J connectivity index is 1.09. The molecule has 0 saturated heterocycles. The third-order valence-corrected chi connectivity index (χ3v) is 12.5. The fourth-order valence-corrected chi connectivity index (χ4v) is 8.27. The predicted octanol–water partition coefficient (Wildman–Crippen LogP) is 5.31. The van der Waals surface area contributed by atoms with E-state index in [0.29, 0.717) is 0 Å². The molecular formula is C44H48F4N6O11S2. The summed E-state index contributed by atoms with van der Waals surface area (Å²) in [4.78, 5) is 30.4. The van der Waals surface area contributed by atoms with Gasteiger partial charge >= 0.3 is 0 Å². The van der Waals surface area contributed by atoms with E-state index in [2.05, 4.69) is 9.98 Å². The van der Waals surface area contributed by atoms with Gasteiger partial charge in [-0.25, -0.2) is 34.4 Å². The maximum atomic E-state index is 14.7. The Labute approximate surface area is 383 Å². The molecule has 360 valence electrons. The molecule has 0 bridgehead atoms. The van der Waals surface area contributed by atoms with Gasteiger partial charge in [-0.2, -0.15) is 9.98 Å². The number of sulfone groups is 2. The predicted molar refractivity (Wildman–Crippen MR) is 240 cm³/mol. The molecule has 4 rings (SSSR count). The number of carbonyl (C=O) groups is 2. The average molecular weight is 977 g/mol. The lowest BCUT2D eigenvalue weighted by atomic mass is 10.1. The van der Waals surface area contributed by atoms with Crippen LogP contribution in [0.15, 0.2) is 104 Å². The van der Waals surface area contributed by atoms with Crippen LogP contribution in [0.1, 0.15) is 37.8 Å². The number of hydrogen-bond donors (Lipinski definition) is 4. The summed E-state index contributed by atoms with van der Waals surface area (Å²) in [7, 11) is -7.46. The van der Waals surface area contributed by atoms with Crippen LogP contribution < -0.4 is 32.4 Å². The zero-order valence-corrected chi connectivity index (χ0v) is 37.8. The molecule has 67 heavy (non-hydrogen) atoms. The van der Waals surface area contributed by atoms with Crippen molar-refractivity contribution in [2.45, 2.75) is 36.5 Å². The first kappa shape index (κ1) is 53.0. The molecule has 4 aromatic carbocycles. The smallest absolute Gasteiger partial charge is 0.275 e. The van der Waals surface area contributed by atoms with Gasteiger partial charge < -0.3 is 46.6 Å². The third kappa shape index (κ3) is 16.9. The van der Waals surface area contributed by atoms with Crippen molar-refractivity contribution < 1.29 is 67.7 Å². The topological polar surface area (TPSA) is 277 Å². The monoisotopic (exact) mass is 976 g/mol. The van der Waals surface area contributed by atoms with E-state index in [9.17, 15) is 44.0 Å². The third-order valence-electron chi connectivity index (χ3n) is 8.90. The molecule has 0 unspecified atom stereocenters. The van der Waals surface area contributed by atoms with E-state index in [1.54, 1.807) is 0 Å². The van der Waals surface area contributed by atoms with E-state index in [4.69, 9.17) is 46.6 Å². The fraction of sp³-hybridized carbons (Fsp3) is 0.273. The number of ether oxygens (including phenoxy) is 5. The number of hydrogen-bond acceptors (Lipinski definition) is 11. The second-order valence-electron chi connectivity index (χ2n) is 14.3. The molecule has 0 atom stereocenters. The minimum Gasteiger partial charge on any atom is -0.451 e. The Morgan fingerprint density at radius 2 is 0.821 bits per heavy atom. The number of nitrogens with two attached hydrogens (primary N) is 4. The lowest BCUT2D eigenvalue weighted by molar-refractivity contribution is -0.115. The Kier molecular flexibility index (Phi) is 19.6. The molecule has 0 saturated carbocycles. The first-order valence-electron chi connectivity index (χ1n) is 20.0. The van der Waals surface area contributed by atoms with Crippen molar-refractivity contribution >= 4 is 55.6 Å². The second kappa shape index (κ2) is 24.7. The number of halogens is 4. The molecule has 0 fully saturated rings. The van der Waals surface area contributed by atoms with Gasteiger partial charge in [-0.05, 0) is 123 Å². The van der Waals surface area contributed by atoms with Crippen molar-refractivity contribution in [1.82, 2.24) is 0 Å². The Hall–Kier alpha value is -6.66. The van der Waals surface area contributed by atoms with Crippen LogP contribution in [-0.4, -0.2) is 91.7 Å². The first-order valence-corrected chi connectivity index (χ1v) is 23.3. The maximum Gasteiger partial charge on any atom is 0.275 e. The molecule has 0 radical (unpaired) electrons. The number of nitrogens with zero attached hydrogens (tertiary/aromatic N) is 2. The van der Waals surface area contributed by atoms with Crippen LogP contribution in [-0.2, 0) is 43.5 Å². The highest BCUT2D eigenvalue weighted by atomic mass is 32.2. The zero-order valence-electron chi connectivity index (χ0n) is 36.2. The van der Waals surface area contributed by atoms with Gasteiger partial charge in [0.15, 0.2) is 66.4 Å². The molecule has 8 N–H and O–H groups in total. The second-order valence-corrected chi connectivity index (χ2v) is 18.5. The van der Waals surface area contributed by atoms with E-state index < -0.39 is 78.2 Å². The maximum absolute atomic E-state index is 14.7. The minimum absolute atomic E-state index is 0.00955. The highest BCUT2D eigenvalue weighted by Gasteiger charge is 2.19. The number of carbonyl (C=O) groups excluding carboxylic acids is 2. The minimum atomic E-state index is -3.73. The number of benzene rings is 4. The largest absolute Gasteiger partial charge is 0.451 e. The van der Waals surface area contributed by atoms with Crippen molar-refractivity contribution in [2.75, 3.05) is 51.1 Å². The molecule has 23 heteroatoms. The van der Waals surface area contributed by atoms with Crippen molar-refractivity contribution in [3.63, 3.8) is 0 Å². The molecule has 17 nitrogen and oxygen atoms in total. The van der Waals surface area contributed by atoms with Crippen LogP contribution in [0, 0.1) is 23.3 Å². The van der Waals surface area contributed by atoms with Gasteiger partial charge in [0.2, 0.25) is 0 Å². The van der Waals surface area contributed by atoms with Gasteiger partial charge in [-0.15, -0.1) is 0 Å². The van der Waals surface area contributed by atoms with Crippen molar-refractivity contribution in [1.29, 1.82) is 0 Å². The van der Waals surface area contributed by atoms with Crippen molar-refractivity contribution in [3.05, 3.63) is 118 Å². The summed E-state index contributed by atoms with van der Waals surface area (Å²) in [6.07, 6.45) is 2.71. The van der Waals surface area contributed by atoms with Gasteiger partial charge in [-0.3, -0.25) is 9.59 Å². The lowest BCUT2D eigenvalue weighted by Gasteiger charge is -2.11. The summed E-state index contributed by atoms with van der Waals surface area (Å²) in [5, 5.41) is 0. The van der Waals surface area contributed by atoms with E-state index in [0.717, 1.165) is 24.3 Å². The first-order chi connectivity index (χ1) is 31.6. The van der Waals surface area contributed by atoms with Crippen LogP contribution in [0.4, 0.5) is 17.6 Å². The molecular weight excluding hydrogens is 929 g/mol.